The van der Waals surface area contributed by atoms with Crippen LogP contribution in [0, 0.1) is 0 Å². The summed E-state index contributed by atoms with van der Waals surface area (Å²) >= 11 is 0. The van der Waals surface area contributed by atoms with Crippen molar-refractivity contribution in [1.29, 1.82) is 0 Å². The minimum Gasteiger partial charge on any atom is -0.461 e. The van der Waals surface area contributed by atoms with Gasteiger partial charge in [-0.3, -0.25) is 0 Å². The van der Waals surface area contributed by atoms with E-state index in [1.807, 2.05) is 54.6 Å². The first-order chi connectivity index (χ1) is 9.92. The minimum atomic E-state index is -0.163. The molecule has 0 aromatic heterocycles. The van der Waals surface area contributed by atoms with Crippen LogP contribution in [0.5, 0.6) is 17.2 Å². The molecule has 2 aromatic carbocycles. The summed E-state index contributed by atoms with van der Waals surface area (Å²) < 4.78 is 17.4. The normalized spacial score (nSPS) is 18.5. The second-order valence-electron chi connectivity index (χ2n) is 4.78. The summed E-state index contributed by atoms with van der Waals surface area (Å²) in [6.07, 6.45) is 3.03. The average molecular weight is 270 g/mol. The molecular weight excluding hydrogens is 252 g/mol. The Hall–Kier alpha value is -2.00. The van der Waals surface area contributed by atoms with Crippen molar-refractivity contribution in [2.45, 2.75) is 25.6 Å². The van der Waals surface area contributed by atoms with Gasteiger partial charge in [0, 0.05) is 6.42 Å². The van der Waals surface area contributed by atoms with E-state index in [1.165, 1.54) is 0 Å². The Morgan fingerprint density at radius 2 is 1.60 bits per heavy atom. The Kier molecular flexibility index (Phi) is 4.19. The van der Waals surface area contributed by atoms with Crippen LogP contribution in [0.3, 0.4) is 0 Å². The summed E-state index contributed by atoms with van der Waals surface area (Å²) in [5.41, 5.74) is 0. The molecule has 0 amide bonds. The van der Waals surface area contributed by atoms with Crippen molar-refractivity contribution in [2.75, 3.05) is 6.61 Å². The average Bonchev–Trinajstić information content (AvgIpc) is 2.51. The van der Waals surface area contributed by atoms with Crippen LogP contribution in [-0.4, -0.2) is 12.9 Å². The van der Waals surface area contributed by atoms with Crippen molar-refractivity contribution in [2.24, 2.45) is 0 Å². The Bertz CT molecular complexity index is 533. The molecule has 1 aliphatic heterocycles. The van der Waals surface area contributed by atoms with E-state index in [4.69, 9.17) is 14.2 Å². The number of hydrogen-bond acceptors (Lipinski definition) is 3. The van der Waals surface area contributed by atoms with Crippen molar-refractivity contribution < 1.29 is 14.2 Å². The molecule has 104 valence electrons. The van der Waals surface area contributed by atoms with E-state index < -0.39 is 0 Å². The molecule has 0 saturated carbocycles. The van der Waals surface area contributed by atoms with Gasteiger partial charge >= 0.3 is 0 Å². The molecule has 3 rings (SSSR count). The number of rotatable bonds is 4. The molecule has 1 unspecified atom stereocenters. The van der Waals surface area contributed by atoms with E-state index in [9.17, 15) is 0 Å². The fourth-order valence-electron chi connectivity index (χ4n) is 2.19. The van der Waals surface area contributed by atoms with Crippen molar-refractivity contribution in [3.05, 3.63) is 54.6 Å². The van der Waals surface area contributed by atoms with Gasteiger partial charge in [0.2, 0.25) is 0 Å². The Labute approximate surface area is 119 Å². The molecule has 1 atom stereocenters. The van der Waals surface area contributed by atoms with Gasteiger partial charge in [-0.15, -0.1) is 0 Å². The van der Waals surface area contributed by atoms with Crippen LogP contribution in [0.15, 0.2) is 54.6 Å². The highest BCUT2D eigenvalue weighted by atomic mass is 16.7. The van der Waals surface area contributed by atoms with Crippen LogP contribution in [0.2, 0.25) is 0 Å². The molecule has 3 nitrogen and oxygen atoms in total. The fraction of sp³-hybridized carbons (Fsp3) is 0.294. The SMILES string of the molecule is c1ccc(Oc2ccccc2OC2CCCCO2)cc1. The van der Waals surface area contributed by atoms with Crippen LogP contribution in [0.4, 0.5) is 0 Å². The van der Waals surface area contributed by atoms with Crippen LogP contribution in [0.1, 0.15) is 19.3 Å². The molecule has 0 radical (unpaired) electrons. The van der Waals surface area contributed by atoms with Gasteiger partial charge in [0.05, 0.1) is 6.61 Å². The van der Waals surface area contributed by atoms with Gasteiger partial charge in [0.15, 0.2) is 17.8 Å². The lowest BCUT2D eigenvalue weighted by Gasteiger charge is -2.24. The quantitative estimate of drug-likeness (QED) is 0.825. The van der Waals surface area contributed by atoms with Gasteiger partial charge in [0.1, 0.15) is 5.75 Å². The Morgan fingerprint density at radius 3 is 2.35 bits per heavy atom. The summed E-state index contributed by atoms with van der Waals surface area (Å²) in [6.45, 7) is 0.770. The van der Waals surface area contributed by atoms with E-state index in [0.29, 0.717) is 5.75 Å². The van der Waals surface area contributed by atoms with Crippen LogP contribution < -0.4 is 9.47 Å². The van der Waals surface area contributed by atoms with Crippen molar-refractivity contribution in [3.63, 3.8) is 0 Å². The zero-order valence-electron chi connectivity index (χ0n) is 11.3. The van der Waals surface area contributed by atoms with E-state index in [0.717, 1.165) is 37.4 Å². The third-order valence-corrected chi connectivity index (χ3v) is 3.22. The highest BCUT2D eigenvalue weighted by Gasteiger charge is 2.17. The van der Waals surface area contributed by atoms with Gasteiger partial charge in [-0.25, -0.2) is 0 Å². The monoisotopic (exact) mass is 270 g/mol. The third-order valence-electron chi connectivity index (χ3n) is 3.22. The summed E-state index contributed by atoms with van der Waals surface area (Å²) in [7, 11) is 0. The largest absolute Gasteiger partial charge is 0.461 e. The molecule has 0 bridgehead atoms. The van der Waals surface area contributed by atoms with Gasteiger partial charge < -0.3 is 14.2 Å². The predicted octanol–water partition coefficient (Wildman–Crippen LogP) is 4.38. The first-order valence-corrected chi connectivity index (χ1v) is 7.02. The van der Waals surface area contributed by atoms with Gasteiger partial charge in [-0.2, -0.15) is 0 Å². The summed E-state index contributed by atoms with van der Waals surface area (Å²) in [5, 5.41) is 0. The van der Waals surface area contributed by atoms with E-state index in [2.05, 4.69) is 0 Å². The van der Waals surface area contributed by atoms with Gasteiger partial charge in [-0.1, -0.05) is 30.3 Å². The molecule has 1 fully saturated rings. The molecular formula is C17H18O3. The number of ether oxygens (including phenoxy) is 3. The second-order valence-corrected chi connectivity index (χ2v) is 4.78. The van der Waals surface area contributed by atoms with Crippen LogP contribution in [-0.2, 0) is 4.74 Å². The Balaban J connectivity index is 1.74. The predicted molar refractivity (Wildman–Crippen MR) is 77.2 cm³/mol. The lowest BCUT2D eigenvalue weighted by atomic mass is 10.2. The maximum absolute atomic E-state index is 5.91. The molecule has 1 saturated heterocycles. The zero-order chi connectivity index (χ0) is 13.6. The third kappa shape index (κ3) is 3.31. The molecule has 1 heterocycles. The molecule has 2 aromatic rings. The maximum Gasteiger partial charge on any atom is 0.200 e. The second kappa shape index (κ2) is 6.44. The first kappa shape index (κ1) is 13.0. The topological polar surface area (TPSA) is 27.7 Å². The van der Waals surface area contributed by atoms with Crippen LogP contribution in [0.25, 0.3) is 0 Å². The number of hydrogen-bond donors (Lipinski definition) is 0. The molecule has 20 heavy (non-hydrogen) atoms. The molecule has 0 spiro atoms. The molecule has 0 aliphatic carbocycles. The minimum absolute atomic E-state index is 0.163. The fourth-order valence-corrected chi connectivity index (χ4v) is 2.19. The van der Waals surface area contributed by atoms with E-state index in [1.54, 1.807) is 0 Å². The summed E-state index contributed by atoms with van der Waals surface area (Å²) in [6, 6.07) is 17.4. The van der Waals surface area contributed by atoms with Crippen molar-refractivity contribution in [3.8, 4) is 17.2 Å². The number of benzene rings is 2. The standard InChI is InChI=1S/C17H18O3/c1-2-8-14(9-3-1)19-15-10-4-5-11-16(15)20-17-12-6-7-13-18-17/h1-5,8-11,17H,6-7,12-13H2. The maximum atomic E-state index is 5.91. The van der Waals surface area contributed by atoms with Gasteiger partial charge in [-0.05, 0) is 37.1 Å². The lowest BCUT2D eigenvalue weighted by Crippen LogP contribution is -2.25. The zero-order valence-corrected chi connectivity index (χ0v) is 11.3. The van der Waals surface area contributed by atoms with E-state index >= 15 is 0 Å². The highest BCUT2D eigenvalue weighted by Crippen LogP contribution is 2.32. The first-order valence-electron chi connectivity index (χ1n) is 7.02. The molecule has 1 aliphatic rings. The Morgan fingerprint density at radius 1 is 0.850 bits per heavy atom. The van der Waals surface area contributed by atoms with Gasteiger partial charge in [0.25, 0.3) is 0 Å². The summed E-state index contributed by atoms with van der Waals surface area (Å²) in [4.78, 5) is 0. The lowest BCUT2D eigenvalue weighted by molar-refractivity contribution is -0.106. The molecule has 0 N–H and O–H groups in total. The summed E-state index contributed by atoms with van der Waals surface area (Å²) in [5.74, 6) is 2.24. The van der Waals surface area contributed by atoms with Crippen LogP contribution >= 0.6 is 0 Å². The van der Waals surface area contributed by atoms with E-state index in [-0.39, 0.29) is 6.29 Å². The smallest absolute Gasteiger partial charge is 0.200 e. The van der Waals surface area contributed by atoms with Crippen molar-refractivity contribution >= 4 is 0 Å². The van der Waals surface area contributed by atoms with Crippen molar-refractivity contribution in [1.82, 2.24) is 0 Å². The molecule has 3 heteroatoms. The highest BCUT2D eigenvalue weighted by molar-refractivity contribution is 5.42. The number of para-hydroxylation sites is 3.